The van der Waals surface area contributed by atoms with Gasteiger partial charge in [-0.05, 0) is 55.0 Å². The lowest BCUT2D eigenvalue weighted by atomic mass is 10.1. The smallest absolute Gasteiger partial charge is 0.196 e. The highest BCUT2D eigenvalue weighted by atomic mass is 32.2. The van der Waals surface area contributed by atoms with E-state index in [9.17, 15) is 0 Å². The Morgan fingerprint density at radius 2 is 1.77 bits per heavy atom. The fourth-order valence-corrected chi connectivity index (χ4v) is 4.03. The molecule has 0 aliphatic rings. The lowest BCUT2D eigenvalue weighted by Gasteiger charge is -2.11. The molecule has 1 heterocycles. The molecule has 30 heavy (non-hydrogen) atoms. The van der Waals surface area contributed by atoms with Gasteiger partial charge in [0.05, 0.1) is 18.7 Å². The Hall–Kier alpha value is -3.56. The van der Waals surface area contributed by atoms with E-state index in [-0.39, 0.29) is 0 Å². The highest BCUT2D eigenvalue weighted by Crippen LogP contribution is 2.30. The third-order valence-electron chi connectivity index (χ3n) is 4.69. The van der Waals surface area contributed by atoms with Gasteiger partial charge in [0, 0.05) is 17.0 Å². The molecule has 0 radical (unpaired) electrons. The monoisotopic (exact) mass is 412 g/mol. The predicted octanol–water partition coefficient (Wildman–Crippen LogP) is 5.42. The SMILES string of the molecule is COc1ccc(-n2c(SCc3ccc(C#N)cc3)nnc2-c2cccc(C)c2)cc1. The van der Waals surface area contributed by atoms with Crippen molar-refractivity contribution < 1.29 is 4.74 Å². The minimum Gasteiger partial charge on any atom is -0.497 e. The maximum Gasteiger partial charge on any atom is 0.196 e. The molecule has 0 bridgehead atoms. The molecular weight excluding hydrogens is 392 g/mol. The van der Waals surface area contributed by atoms with Gasteiger partial charge in [0.25, 0.3) is 0 Å². The van der Waals surface area contributed by atoms with Gasteiger partial charge in [0.2, 0.25) is 0 Å². The number of rotatable bonds is 6. The zero-order chi connectivity index (χ0) is 20.9. The first kappa shape index (κ1) is 19.7. The van der Waals surface area contributed by atoms with Crippen LogP contribution in [0.2, 0.25) is 0 Å². The minimum absolute atomic E-state index is 0.659. The molecule has 0 atom stereocenters. The highest BCUT2D eigenvalue weighted by Gasteiger charge is 2.16. The Morgan fingerprint density at radius 1 is 1.00 bits per heavy atom. The third kappa shape index (κ3) is 4.22. The van der Waals surface area contributed by atoms with Crippen LogP contribution in [0.25, 0.3) is 17.1 Å². The molecule has 4 rings (SSSR count). The van der Waals surface area contributed by atoms with Crippen molar-refractivity contribution in [2.24, 2.45) is 0 Å². The van der Waals surface area contributed by atoms with Gasteiger partial charge in [0.15, 0.2) is 11.0 Å². The van der Waals surface area contributed by atoms with E-state index < -0.39 is 0 Å². The summed E-state index contributed by atoms with van der Waals surface area (Å²) in [5.74, 6) is 2.33. The lowest BCUT2D eigenvalue weighted by molar-refractivity contribution is 0.414. The summed E-state index contributed by atoms with van der Waals surface area (Å²) >= 11 is 1.61. The number of methoxy groups -OCH3 is 1. The zero-order valence-electron chi connectivity index (χ0n) is 16.7. The number of aryl methyl sites for hydroxylation is 1. The fourth-order valence-electron chi connectivity index (χ4n) is 3.12. The van der Waals surface area contributed by atoms with Crippen LogP contribution in [0.15, 0.2) is 78.0 Å². The Bertz CT molecular complexity index is 1190. The van der Waals surface area contributed by atoms with Gasteiger partial charge in [-0.3, -0.25) is 4.57 Å². The second-order valence-electron chi connectivity index (χ2n) is 6.81. The summed E-state index contributed by atoms with van der Waals surface area (Å²) in [7, 11) is 1.66. The number of ether oxygens (including phenoxy) is 1. The maximum absolute atomic E-state index is 8.98. The van der Waals surface area contributed by atoms with E-state index in [1.165, 1.54) is 5.56 Å². The van der Waals surface area contributed by atoms with Gasteiger partial charge < -0.3 is 4.74 Å². The maximum atomic E-state index is 8.98. The van der Waals surface area contributed by atoms with Gasteiger partial charge in [-0.2, -0.15) is 5.26 Å². The predicted molar refractivity (Wildman–Crippen MR) is 119 cm³/mol. The molecule has 0 saturated carbocycles. The number of nitriles is 1. The first-order chi connectivity index (χ1) is 14.7. The second kappa shape index (κ2) is 8.85. The molecule has 0 fully saturated rings. The summed E-state index contributed by atoms with van der Waals surface area (Å²) in [5, 5.41) is 18.8. The quantitative estimate of drug-likeness (QED) is 0.396. The zero-order valence-corrected chi connectivity index (χ0v) is 17.6. The van der Waals surface area contributed by atoms with Gasteiger partial charge in [-0.25, -0.2) is 0 Å². The highest BCUT2D eigenvalue weighted by molar-refractivity contribution is 7.98. The Morgan fingerprint density at radius 3 is 2.43 bits per heavy atom. The van der Waals surface area contributed by atoms with Crippen LogP contribution in [0, 0.1) is 18.3 Å². The molecule has 3 aromatic carbocycles. The van der Waals surface area contributed by atoms with Crippen LogP contribution in [0.5, 0.6) is 5.75 Å². The molecule has 0 aliphatic carbocycles. The standard InChI is InChI=1S/C24H20N4OS/c1-17-4-3-5-20(14-17)23-26-27-24(28(23)21-10-12-22(29-2)13-11-21)30-16-19-8-6-18(15-25)7-9-19/h3-14H,16H2,1-2H3. The first-order valence-corrected chi connectivity index (χ1v) is 10.5. The van der Waals surface area contributed by atoms with Gasteiger partial charge in [0.1, 0.15) is 5.75 Å². The van der Waals surface area contributed by atoms with E-state index in [0.29, 0.717) is 5.56 Å². The van der Waals surface area contributed by atoms with Crippen molar-refractivity contribution >= 4 is 11.8 Å². The summed E-state index contributed by atoms with van der Waals surface area (Å²) in [5.41, 5.74) is 4.94. The normalized spacial score (nSPS) is 10.6. The van der Waals surface area contributed by atoms with Crippen LogP contribution in [0.4, 0.5) is 0 Å². The molecule has 5 nitrogen and oxygen atoms in total. The molecule has 0 spiro atoms. The van der Waals surface area contributed by atoms with E-state index in [2.05, 4.69) is 39.9 Å². The van der Waals surface area contributed by atoms with E-state index >= 15 is 0 Å². The Balaban J connectivity index is 1.71. The van der Waals surface area contributed by atoms with E-state index in [4.69, 9.17) is 10.00 Å². The first-order valence-electron chi connectivity index (χ1n) is 9.46. The number of benzene rings is 3. The van der Waals surface area contributed by atoms with Crippen molar-refractivity contribution in [2.45, 2.75) is 17.8 Å². The second-order valence-corrected chi connectivity index (χ2v) is 7.75. The molecule has 0 unspecified atom stereocenters. The van der Waals surface area contributed by atoms with Crippen LogP contribution in [0.1, 0.15) is 16.7 Å². The average molecular weight is 413 g/mol. The average Bonchev–Trinajstić information content (AvgIpc) is 3.22. The van der Waals surface area contributed by atoms with Crippen molar-refractivity contribution in [1.29, 1.82) is 5.26 Å². The third-order valence-corrected chi connectivity index (χ3v) is 5.69. The van der Waals surface area contributed by atoms with E-state index in [0.717, 1.165) is 39.3 Å². The number of hydrogen-bond acceptors (Lipinski definition) is 5. The minimum atomic E-state index is 0.659. The van der Waals surface area contributed by atoms with Crippen molar-refractivity contribution in [3.8, 4) is 28.9 Å². The summed E-state index contributed by atoms with van der Waals surface area (Å²) in [6.07, 6.45) is 0. The van der Waals surface area contributed by atoms with E-state index in [1.807, 2.05) is 60.7 Å². The van der Waals surface area contributed by atoms with Gasteiger partial charge in [-0.15, -0.1) is 10.2 Å². The molecule has 4 aromatic rings. The van der Waals surface area contributed by atoms with Crippen molar-refractivity contribution in [3.63, 3.8) is 0 Å². The summed E-state index contributed by atoms with van der Waals surface area (Å²) in [6, 6.07) is 25.9. The van der Waals surface area contributed by atoms with Crippen molar-refractivity contribution in [3.05, 3.63) is 89.5 Å². The number of nitrogens with zero attached hydrogens (tertiary/aromatic N) is 4. The van der Waals surface area contributed by atoms with Crippen LogP contribution < -0.4 is 4.74 Å². The van der Waals surface area contributed by atoms with Crippen LogP contribution in [-0.4, -0.2) is 21.9 Å². The molecule has 148 valence electrons. The Kier molecular flexibility index (Phi) is 5.82. The summed E-state index contributed by atoms with van der Waals surface area (Å²) in [4.78, 5) is 0. The largest absolute Gasteiger partial charge is 0.497 e. The molecule has 0 aliphatic heterocycles. The Labute approximate surface area is 180 Å². The van der Waals surface area contributed by atoms with Crippen LogP contribution in [0.3, 0.4) is 0 Å². The number of hydrogen-bond donors (Lipinski definition) is 0. The van der Waals surface area contributed by atoms with Crippen molar-refractivity contribution in [1.82, 2.24) is 14.8 Å². The molecule has 0 amide bonds. The number of thioether (sulfide) groups is 1. The molecule has 0 N–H and O–H groups in total. The fraction of sp³-hybridized carbons (Fsp3) is 0.125. The number of aromatic nitrogens is 3. The van der Waals surface area contributed by atoms with E-state index in [1.54, 1.807) is 18.9 Å². The van der Waals surface area contributed by atoms with Gasteiger partial charge >= 0.3 is 0 Å². The van der Waals surface area contributed by atoms with Crippen molar-refractivity contribution in [2.75, 3.05) is 7.11 Å². The van der Waals surface area contributed by atoms with Crippen LogP contribution >= 0.6 is 11.8 Å². The van der Waals surface area contributed by atoms with Crippen LogP contribution in [-0.2, 0) is 5.75 Å². The topological polar surface area (TPSA) is 63.7 Å². The molecule has 6 heteroatoms. The lowest BCUT2D eigenvalue weighted by Crippen LogP contribution is -2.00. The molecule has 0 saturated heterocycles. The molecular formula is C24H20N4OS. The summed E-state index contributed by atoms with van der Waals surface area (Å²) < 4.78 is 7.37. The van der Waals surface area contributed by atoms with Gasteiger partial charge in [-0.1, -0.05) is 47.7 Å². The molecule has 1 aromatic heterocycles. The summed E-state index contributed by atoms with van der Waals surface area (Å²) in [6.45, 7) is 2.07.